The van der Waals surface area contributed by atoms with Gasteiger partial charge in [0.2, 0.25) is 5.91 Å². The van der Waals surface area contributed by atoms with E-state index in [1.54, 1.807) is 0 Å². The predicted molar refractivity (Wildman–Crippen MR) is 97.2 cm³/mol. The Balaban J connectivity index is 1.21. The Morgan fingerprint density at radius 3 is 3.00 bits per heavy atom. The predicted octanol–water partition coefficient (Wildman–Crippen LogP) is 1.22. The molecule has 0 aromatic rings. The van der Waals surface area contributed by atoms with Crippen molar-refractivity contribution in [2.24, 2.45) is 5.92 Å². The summed E-state index contributed by atoms with van der Waals surface area (Å²) < 4.78 is 0. The van der Waals surface area contributed by atoms with E-state index in [9.17, 15) is 9.59 Å². The number of piperidine rings is 1. The maximum Gasteiger partial charge on any atom is 0.315 e. The number of urea groups is 1. The average molecular weight is 355 g/mol. The Morgan fingerprint density at radius 2 is 2.17 bits per heavy atom. The standard InChI is InChI=1S/C17H30N4O2S/c22-15(19-9-7-12-4-3-8-18-10-12)6-2-1-5-14-16-13(11-24-14)20-17(23)21-16/h12-14,16,18H,1-11H2,(H,19,22)(H2,20,21,23)/t12?,13-,14-,16-/m0/s1. The summed E-state index contributed by atoms with van der Waals surface area (Å²) in [6.45, 7) is 3.05. The van der Waals surface area contributed by atoms with Crippen LogP contribution in [0.5, 0.6) is 0 Å². The van der Waals surface area contributed by atoms with Gasteiger partial charge in [0.05, 0.1) is 12.1 Å². The summed E-state index contributed by atoms with van der Waals surface area (Å²) in [4.78, 5) is 23.3. The molecule has 0 aromatic carbocycles. The smallest absolute Gasteiger partial charge is 0.315 e. The lowest BCUT2D eigenvalue weighted by molar-refractivity contribution is -0.121. The summed E-state index contributed by atoms with van der Waals surface area (Å²) in [5, 5.41) is 13.0. The van der Waals surface area contributed by atoms with Crippen molar-refractivity contribution in [3.8, 4) is 0 Å². The molecule has 3 fully saturated rings. The molecule has 0 saturated carbocycles. The number of unbranched alkanes of at least 4 members (excludes halogenated alkanes) is 1. The van der Waals surface area contributed by atoms with E-state index < -0.39 is 0 Å². The Kier molecular flexibility index (Phi) is 6.66. The molecule has 3 aliphatic rings. The van der Waals surface area contributed by atoms with Crippen LogP contribution in [-0.2, 0) is 4.79 Å². The van der Waals surface area contributed by atoms with E-state index in [-0.39, 0.29) is 18.0 Å². The van der Waals surface area contributed by atoms with E-state index in [4.69, 9.17) is 0 Å². The molecule has 3 saturated heterocycles. The molecule has 3 amide bonds. The van der Waals surface area contributed by atoms with Gasteiger partial charge in [-0.05, 0) is 51.1 Å². The molecule has 3 heterocycles. The van der Waals surface area contributed by atoms with Crippen molar-refractivity contribution in [2.75, 3.05) is 25.4 Å². The zero-order valence-corrected chi connectivity index (χ0v) is 15.1. The van der Waals surface area contributed by atoms with Gasteiger partial charge >= 0.3 is 6.03 Å². The molecule has 3 rings (SSSR count). The van der Waals surface area contributed by atoms with E-state index in [0.29, 0.717) is 17.7 Å². The number of carbonyl (C=O) groups is 2. The van der Waals surface area contributed by atoms with Gasteiger partial charge in [-0.2, -0.15) is 11.8 Å². The van der Waals surface area contributed by atoms with Gasteiger partial charge in [-0.1, -0.05) is 6.42 Å². The third-order valence-corrected chi connectivity index (χ3v) is 6.86. The number of amides is 3. The topological polar surface area (TPSA) is 82.3 Å². The molecule has 4 N–H and O–H groups in total. The van der Waals surface area contributed by atoms with Crippen molar-refractivity contribution in [3.63, 3.8) is 0 Å². The number of thioether (sulfide) groups is 1. The van der Waals surface area contributed by atoms with Crippen molar-refractivity contribution in [1.82, 2.24) is 21.3 Å². The van der Waals surface area contributed by atoms with Crippen LogP contribution < -0.4 is 21.3 Å². The summed E-state index contributed by atoms with van der Waals surface area (Å²) in [5.41, 5.74) is 0. The van der Waals surface area contributed by atoms with Gasteiger partial charge in [0.15, 0.2) is 0 Å². The summed E-state index contributed by atoms with van der Waals surface area (Å²) >= 11 is 1.94. The molecule has 1 unspecified atom stereocenters. The highest BCUT2D eigenvalue weighted by Crippen LogP contribution is 2.33. The Hall–Kier alpha value is -0.950. The normalized spacial score (nSPS) is 32.1. The Bertz CT molecular complexity index is 442. The molecule has 7 heteroatoms. The van der Waals surface area contributed by atoms with Gasteiger partial charge in [0.1, 0.15) is 0 Å². The monoisotopic (exact) mass is 354 g/mol. The first-order valence-corrected chi connectivity index (χ1v) is 10.4. The largest absolute Gasteiger partial charge is 0.356 e. The molecule has 3 aliphatic heterocycles. The summed E-state index contributed by atoms with van der Waals surface area (Å²) in [7, 11) is 0. The van der Waals surface area contributed by atoms with Gasteiger partial charge in [0.25, 0.3) is 0 Å². The van der Waals surface area contributed by atoms with Crippen LogP contribution in [0.25, 0.3) is 0 Å². The molecule has 0 radical (unpaired) electrons. The first kappa shape index (κ1) is 17.9. The maximum absolute atomic E-state index is 11.9. The van der Waals surface area contributed by atoms with Crippen molar-refractivity contribution < 1.29 is 9.59 Å². The lowest BCUT2D eigenvalue weighted by Gasteiger charge is -2.22. The number of hydrogen-bond donors (Lipinski definition) is 4. The van der Waals surface area contributed by atoms with E-state index in [2.05, 4.69) is 21.3 Å². The van der Waals surface area contributed by atoms with Gasteiger partial charge in [-0.3, -0.25) is 4.79 Å². The molecule has 136 valence electrons. The molecule has 6 nitrogen and oxygen atoms in total. The second kappa shape index (κ2) is 8.94. The molecule has 0 aromatic heterocycles. The van der Waals surface area contributed by atoms with Crippen LogP contribution in [0.3, 0.4) is 0 Å². The van der Waals surface area contributed by atoms with E-state index in [1.807, 2.05) is 11.8 Å². The zero-order chi connectivity index (χ0) is 16.8. The molecule has 0 aliphatic carbocycles. The highest BCUT2D eigenvalue weighted by Gasteiger charge is 2.42. The summed E-state index contributed by atoms with van der Waals surface area (Å²) in [6, 6.07) is 0.549. The highest BCUT2D eigenvalue weighted by molar-refractivity contribution is 8.00. The minimum atomic E-state index is -0.0251. The first-order valence-electron chi connectivity index (χ1n) is 9.38. The van der Waals surface area contributed by atoms with Gasteiger partial charge in [0, 0.05) is 24.0 Å². The minimum Gasteiger partial charge on any atom is -0.356 e. The van der Waals surface area contributed by atoms with E-state index in [1.165, 1.54) is 12.8 Å². The maximum atomic E-state index is 11.9. The molecule has 4 atom stereocenters. The number of nitrogens with one attached hydrogen (secondary N) is 4. The van der Waals surface area contributed by atoms with Crippen LogP contribution in [0.1, 0.15) is 44.9 Å². The fourth-order valence-electron chi connectivity index (χ4n) is 3.95. The van der Waals surface area contributed by atoms with Crippen LogP contribution in [0.15, 0.2) is 0 Å². The molecule has 0 spiro atoms. The molecular weight excluding hydrogens is 324 g/mol. The summed E-state index contributed by atoms with van der Waals surface area (Å²) in [5.74, 6) is 1.91. The minimum absolute atomic E-state index is 0.0251. The molecule has 24 heavy (non-hydrogen) atoms. The molecule has 0 bridgehead atoms. The highest BCUT2D eigenvalue weighted by atomic mass is 32.2. The molecular formula is C17H30N4O2S. The number of hydrogen-bond acceptors (Lipinski definition) is 4. The van der Waals surface area contributed by atoms with Crippen molar-refractivity contribution in [2.45, 2.75) is 62.3 Å². The average Bonchev–Trinajstić information content (AvgIpc) is 3.12. The second-order valence-corrected chi connectivity index (χ2v) is 8.49. The Morgan fingerprint density at radius 1 is 1.25 bits per heavy atom. The lowest BCUT2D eigenvalue weighted by atomic mass is 9.96. The number of rotatable bonds is 8. The lowest BCUT2D eigenvalue weighted by Crippen LogP contribution is -2.36. The quantitative estimate of drug-likeness (QED) is 0.390. The van der Waals surface area contributed by atoms with Crippen molar-refractivity contribution in [1.29, 1.82) is 0 Å². The van der Waals surface area contributed by atoms with Crippen molar-refractivity contribution in [3.05, 3.63) is 0 Å². The first-order chi connectivity index (χ1) is 11.7. The van der Waals surface area contributed by atoms with Crippen LogP contribution >= 0.6 is 11.8 Å². The fourth-order valence-corrected chi connectivity index (χ4v) is 5.49. The second-order valence-electron chi connectivity index (χ2n) is 7.22. The van der Waals surface area contributed by atoms with Crippen molar-refractivity contribution >= 4 is 23.7 Å². The third kappa shape index (κ3) is 5.02. The number of fused-ring (bicyclic) bond motifs is 1. The van der Waals surface area contributed by atoms with E-state index >= 15 is 0 Å². The van der Waals surface area contributed by atoms with E-state index in [0.717, 1.165) is 57.0 Å². The number of carbonyl (C=O) groups excluding carboxylic acids is 2. The van der Waals surface area contributed by atoms with Gasteiger partial charge in [-0.25, -0.2) is 4.79 Å². The van der Waals surface area contributed by atoms with Crippen LogP contribution in [0.2, 0.25) is 0 Å². The third-order valence-electron chi connectivity index (χ3n) is 5.35. The summed E-state index contributed by atoms with van der Waals surface area (Å²) in [6.07, 6.45) is 7.33. The Labute approximate surface area is 148 Å². The van der Waals surface area contributed by atoms with Crippen LogP contribution in [-0.4, -0.2) is 54.7 Å². The fraction of sp³-hybridized carbons (Fsp3) is 0.882. The van der Waals surface area contributed by atoms with Gasteiger partial charge < -0.3 is 21.3 Å². The van der Waals surface area contributed by atoms with Crippen LogP contribution in [0.4, 0.5) is 4.79 Å². The SMILES string of the molecule is O=C(CCCC[C@@H]1SC[C@@H]2NC(=O)N[C@@H]21)NCCC1CCCNC1. The van der Waals surface area contributed by atoms with Crippen LogP contribution in [0, 0.1) is 5.92 Å². The van der Waals surface area contributed by atoms with Gasteiger partial charge in [-0.15, -0.1) is 0 Å². The zero-order valence-electron chi connectivity index (χ0n) is 14.3.